The summed E-state index contributed by atoms with van der Waals surface area (Å²) >= 11 is 1.30. The fraction of sp³-hybridized carbons (Fsp3) is 0.444. The van der Waals surface area contributed by atoms with E-state index in [9.17, 15) is 10.1 Å². The molecule has 15 heavy (non-hydrogen) atoms. The number of rotatable bonds is 5. The third-order valence-corrected chi connectivity index (χ3v) is 2.79. The highest BCUT2D eigenvalue weighted by atomic mass is 32.2. The van der Waals surface area contributed by atoms with E-state index >= 15 is 0 Å². The highest BCUT2D eigenvalue weighted by molar-refractivity contribution is 7.99. The van der Waals surface area contributed by atoms with E-state index in [4.69, 9.17) is 5.11 Å². The first-order chi connectivity index (χ1) is 7.15. The van der Waals surface area contributed by atoms with Crippen LogP contribution in [0.25, 0.3) is 0 Å². The molecule has 0 aliphatic carbocycles. The number of thioether (sulfide) groups is 1. The summed E-state index contributed by atoms with van der Waals surface area (Å²) in [6.07, 6.45) is 2.21. The summed E-state index contributed by atoms with van der Waals surface area (Å²) in [6, 6.07) is 1.51. The minimum Gasteiger partial charge on any atom is -0.396 e. The van der Waals surface area contributed by atoms with Gasteiger partial charge in [0.15, 0.2) is 5.03 Å². The minimum atomic E-state index is -0.429. The molecule has 1 rings (SSSR count). The Balaban J connectivity index is 2.81. The van der Waals surface area contributed by atoms with Crippen LogP contribution in [-0.2, 0) is 0 Å². The Morgan fingerprint density at radius 2 is 2.40 bits per heavy atom. The van der Waals surface area contributed by atoms with Crippen molar-refractivity contribution in [3.8, 4) is 0 Å². The number of nitrogens with zero attached hydrogens (tertiary/aromatic N) is 2. The molecule has 6 heteroatoms. The second kappa shape index (κ2) is 5.67. The number of hydrogen-bond acceptors (Lipinski definition) is 5. The first-order valence-corrected chi connectivity index (χ1v) is 5.48. The molecule has 1 heterocycles. The van der Waals surface area contributed by atoms with E-state index in [0.717, 1.165) is 5.56 Å². The molecule has 0 radical (unpaired) electrons. The van der Waals surface area contributed by atoms with Gasteiger partial charge in [-0.05, 0) is 18.9 Å². The molecule has 82 valence electrons. The zero-order valence-electron chi connectivity index (χ0n) is 8.34. The SMILES string of the molecule is Cc1cnc(SCCCO)c([N+](=O)[O-])c1. The van der Waals surface area contributed by atoms with E-state index in [-0.39, 0.29) is 12.3 Å². The van der Waals surface area contributed by atoms with Gasteiger partial charge in [-0.25, -0.2) is 4.98 Å². The first kappa shape index (κ1) is 11.9. The van der Waals surface area contributed by atoms with Crippen LogP contribution in [0.15, 0.2) is 17.3 Å². The second-order valence-electron chi connectivity index (χ2n) is 3.02. The predicted octanol–water partition coefficient (Wildman–Crippen LogP) is 1.77. The topological polar surface area (TPSA) is 76.3 Å². The van der Waals surface area contributed by atoms with Gasteiger partial charge in [-0.1, -0.05) is 11.8 Å². The Morgan fingerprint density at radius 3 is 3.00 bits per heavy atom. The van der Waals surface area contributed by atoms with Crippen LogP contribution in [0.4, 0.5) is 5.69 Å². The molecule has 0 amide bonds. The van der Waals surface area contributed by atoms with E-state index in [1.165, 1.54) is 17.8 Å². The van der Waals surface area contributed by atoms with Gasteiger partial charge in [0.1, 0.15) is 0 Å². The lowest BCUT2D eigenvalue weighted by Gasteiger charge is -2.01. The van der Waals surface area contributed by atoms with Gasteiger partial charge in [-0.3, -0.25) is 10.1 Å². The van der Waals surface area contributed by atoms with Crippen molar-refractivity contribution in [1.82, 2.24) is 4.98 Å². The highest BCUT2D eigenvalue weighted by Crippen LogP contribution is 2.27. The van der Waals surface area contributed by atoms with Crippen LogP contribution in [-0.4, -0.2) is 27.4 Å². The van der Waals surface area contributed by atoms with E-state index in [1.54, 1.807) is 13.1 Å². The Bertz CT molecular complexity index is 357. The molecule has 0 saturated heterocycles. The Labute approximate surface area is 91.7 Å². The van der Waals surface area contributed by atoms with Crippen LogP contribution in [0.5, 0.6) is 0 Å². The molecular weight excluding hydrogens is 216 g/mol. The van der Waals surface area contributed by atoms with Crippen molar-refractivity contribution in [3.63, 3.8) is 0 Å². The zero-order valence-corrected chi connectivity index (χ0v) is 9.16. The Kier molecular flexibility index (Phi) is 4.51. The molecule has 0 bridgehead atoms. The maximum atomic E-state index is 10.7. The van der Waals surface area contributed by atoms with Crippen molar-refractivity contribution in [2.24, 2.45) is 0 Å². The third-order valence-electron chi connectivity index (χ3n) is 1.71. The summed E-state index contributed by atoms with van der Waals surface area (Å²) in [7, 11) is 0. The molecule has 1 aromatic rings. The minimum absolute atomic E-state index is 0.0398. The van der Waals surface area contributed by atoms with Crippen molar-refractivity contribution in [1.29, 1.82) is 0 Å². The van der Waals surface area contributed by atoms with Crippen LogP contribution < -0.4 is 0 Å². The number of aryl methyl sites for hydroxylation is 1. The molecule has 1 aromatic heterocycles. The monoisotopic (exact) mass is 228 g/mol. The van der Waals surface area contributed by atoms with E-state index in [1.807, 2.05) is 0 Å². The standard InChI is InChI=1S/C9H12N2O3S/c1-7-5-8(11(13)14)9(10-6-7)15-4-2-3-12/h5-6,12H,2-4H2,1H3. The average molecular weight is 228 g/mol. The molecule has 0 atom stereocenters. The van der Waals surface area contributed by atoms with Crippen molar-refractivity contribution in [2.75, 3.05) is 12.4 Å². The van der Waals surface area contributed by atoms with Gasteiger partial charge in [0, 0.05) is 24.6 Å². The summed E-state index contributed by atoms with van der Waals surface area (Å²) in [4.78, 5) is 14.3. The van der Waals surface area contributed by atoms with Gasteiger partial charge in [-0.15, -0.1) is 0 Å². The fourth-order valence-electron chi connectivity index (χ4n) is 1.02. The normalized spacial score (nSPS) is 10.3. The van der Waals surface area contributed by atoms with Crippen LogP contribution in [0.3, 0.4) is 0 Å². The molecule has 1 N–H and O–H groups in total. The van der Waals surface area contributed by atoms with Crippen LogP contribution in [0.1, 0.15) is 12.0 Å². The largest absolute Gasteiger partial charge is 0.396 e. The zero-order chi connectivity index (χ0) is 11.3. The molecular formula is C9H12N2O3S. The van der Waals surface area contributed by atoms with Crippen molar-refractivity contribution in [2.45, 2.75) is 18.4 Å². The lowest BCUT2D eigenvalue weighted by molar-refractivity contribution is -0.388. The van der Waals surface area contributed by atoms with Gasteiger partial charge < -0.3 is 5.11 Å². The number of aliphatic hydroxyl groups excluding tert-OH is 1. The number of aromatic nitrogens is 1. The van der Waals surface area contributed by atoms with Crippen molar-refractivity contribution >= 4 is 17.4 Å². The van der Waals surface area contributed by atoms with Crippen LogP contribution >= 0.6 is 11.8 Å². The van der Waals surface area contributed by atoms with Crippen molar-refractivity contribution in [3.05, 3.63) is 27.9 Å². The molecule has 0 aliphatic heterocycles. The van der Waals surface area contributed by atoms with E-state index < -0.39 is 4.92 Å². The van der Waals surface area contributed by atoms with Gasteiger partial charge >= 0.3 is 5.69 Å². The molecule has 5 nitrogen and oxygen atoms in total. The summed E-state index contributed by atoms with van der Waals surface area (Å²) in [6.45, 7) is 1.86. The lowest BCUT2D eigenvalue weighted by atomic mass is 10.3. The number of hydrogen-bond donors (Lipinski definition) is 1. The third kappa shape index (κ3) is 3.49. The van der Waals surface area contributed by atoms with Crippen molar-refractivity contribution < 1.29 is 10.0 Å². The number of aliphatic hydroxyl groups is 1. The molecule has 0 fully saturated rings. The van der Waals surface area contributed by atoms with E-state index in [0.29, 0.717) is 17.2 Å². The molecule has 0 spiro atoms. The first-order valence-electron chi connectivity index (χ1n) is 4.50. The molecule has 0 aliphatic rings. The Hall–Kier alpha value is -1.14. The molecule has 0 aromatic carbocycles. The maximum absolute atomic E-state index is 10.7. The second-order valence-corrected chi connectivity index (χ2v) is 4.10. The smallest absolute Gasteiger partial charge is 0.301 e. The fourth-order valence-corrected chi connectivity index (χ4v) is 1.89. The highest BCUT2D eigenvalue weighted by Gasteiger charge is 2.15. The van der Waals surface area contributed by atoms with Crippen LogP contribution in [0.2, 0.25) is 0 Å². The van der Waals surface area contributed by atoms with Gasteiger partial charge in [0.2, 0.25) is 0 Å². The molecule has 0 saturated carbocycles. The Morgan fingerprint density at radius 1 is 1.67 bits per heavy atom. The quantitative estimate of drug-likeness (QED) is 0.360. The summed E-state index contributed by atoms with van der Waals surface area (Å²) in [5, 5.41) is 19.7. The van der Waals surface area contributed by atoms with Gasteiger partial charge in [0.05, 0.1) is 4.92 Å². The van der Waals surface area contributed by atoms with Crippen LogP contribution in [0, 0.1) is 17.0 Å². The van der Waals surface area contributed by atoms with Gasteiger partial charge in [-0.2, -0.15) is 0 Å². The van der Waals surface area contributed by atoms with E-state index in [2.05, 4.69) is 4.98 Å². The maximum Gasteiger partial charge on any atom is 0.301 e. The number of pyridine rings is 1. The van der Waals surface area contributed by atoms with Gasteiger partial charge in [0.25, 0.3) is 0 Å². The predicted molar refractivity (Wildman–Crippen MR) is 58.1 cm³/mol. The summed E-state index contributed by atoms with van der Waals surface area (Å²) < 4.78 is 0. The average Bonchev–Trinajstić information content (AvgIpc) is 2.20. The lowest BCUT2D eigenvalue weighted by Crippen LogP contribution is -1.95. The number of nitro groups is 1. The summed E-state index contributed by atoms with van der Waals surface area (Å²) in [5.74, 6) is 0.632. The molecule has 0 unspecified atom stereocenters. The summed E-state index contributed by atoms with van der Waals surface area (Å²) in [5.41, 5.74) is 0.811.